The van der Waals surface area contributed by atoms with Crippen molar-refractivity contribution in [2.45, 2.75) is 25.6 Å². The van der Waals surface area contributed by atoms with Crippen molar-refractivity contribution in [2.24, 2.45) is 5.92 Å². The highest BCUT2D eigenvalue weighted by Gasteiger charge is 2.22. The van der Waals surface area contributed by atoms with Crippen molar-refractivity contribution in [3.8, 4) is 0 Å². The van der Waals surface area contributed by atoms with Crippen LogP contribution in [0.15, 0.2) is 24.3 Å². The Balaban J connectivity index is 2.41. The molecule has 110 valence electrons. The molecule has 0 aliphatic carbocycles. The molecular formula is C14H18FNO3S. The molecule has 6 heteroatoms. The summed E-state index contributed by atoms with van der Waals surface area (Å²) in [7, 11) is 0. The average Bonchev–Trinajstić information content (AvgIpc) is 2.37. The number of benzene rings is 1. The van der Waals surface area contributed by atoms with Crippen molar-refractivity contribution in [2.75, 3.05) is 5.75 Å². The summed E-state index contributed by atoms with van der Waals surface area (Å²) < 4.78 is 13.3. The molecule has 1 atom stereocenters. The van der Waals surface area contributed by atoms with Crippen LogP contribution in [-0.4, -0.2) is 28.0 Å². The van der Waals surface area contributed by atoms with Crippen LogP contribution in [0, 0.1) is 11.7 Å². The number of carbonyl (C=O) groups excluding carboxylic acids is 1. The van der Waals surface area contributed by atoms with Crippen molar-refractivity contribution in [1.29, 1.82) is 0 Å². The Morgan fingerprint density at radius 1 is 1.35 bits per heavy atom. The third-order valence-electron chi connectivity index (χ3n) is 2.68. The highest BCUT2D eigenvalue weighted by molar-refractivity contribution is 8.01. The highest BCUT2D eigenvalue weighted by atomic mass is 32.2. The first kappa shape index (κ1) is 16.5. The standard InChI is InChI=1S/C14H18FNO3S/c1-9(2)13(14(18)19)20-8-12(17)16-7-10-5-3-4-6-11(10)15/h3-6,9,13H,7-8H2,1-2H3,(H,16,17)(H,18,19). The normalized spacial score (nSPS) is 12.2. The SMILES string of the molecule is CC(C)C(SCC(=O)NCc1ccccc1F)C(=O)O. The molecule has 1 unspecified atom stereocenters. The molecule has 0 bridgehead atoms. The average molecular weight is 299 g/mol. The number of rotatable bonds is 7. The van der Waals surface area contributed by atoms with Gasteiger partial charge in [-0.3, -0.25) is 9.59 Å². The van der Waals surface area contributed by atoms with E-state index in [2.05, 4.69) is 5.32 Å². The van der Waals surface area contributed by atoms with Crippen LogP contribution in [0.4, 0.5) is 4.39 Å². The Morgan fingerprint density at radius 3 is 2.55 bits per heavy atom. The van der Waals surface area contributed by atoms with Gasteiger partial charge in [0.15, 0.2) is 0 Å². The fraction of sp³-hybridized carbons (Fsp3) is 0.429. The van der Waals surface area contributed by atoms with E-state index < -0.39 is 11.2 Å². The quantitative estimate of drug-likeness (QED) is 0.810. The van der Waals surface area contributed by atoms with Crippen LogP contribution in [0.25, 0.3) is 0 Å². The zero-order valence-electron chi connectivity index (χ0n) is 11.4. The van der Waals surface area contributed by atoms with Crippen LogP contribution in [0.2, 0.25) is 0 Å². The lowest BCUT2D eigenvalue weighted by Crippen LogP contribution is -2.29. The molecule has 20 heavy (non-hydrogen) atoms. The zero-order chi connectivity index (χ0) is 15.1. The predicted molar refractivity (Wildman–Crippen MR) is 77.0 cm³/mol. The minimum absolute atomic E-state index is 0.0452. The molecule has 0 saturated heterocycles. The van der Waals surface area contributed by atoms with Gasteiger partial charge in [0.2, 0.25) is 5.91 Å². The second-order valence-electron chi connectivity index (χ2n) is 4.68. The number of aliphatic carboxylic acids is 1. The number of halogens is 1. The lowest BCUT2D eigenvalue weighted by Gasteiger charge is -2.15. The van der Waals surface area contributed by atoms with Crippen molar-refractivity contribution in [3.05, 3.63) is 35.6 Å². The van der Waals surface area contributed by atoms with Gasteiger partial charge in [-0.05, 0) is 12.0 Å². The molecule has 1 amide bonds. The Labute approximate surface area is 121 Å². The number of carboxylic acids is 1. The first-order chi connectivity index (χ1) is 9.41. The Morgan fingerprint density at radius 2 is 2.00 bits per heavy atom. The Hall–Kier alpha value is -1.56. The molecule has 0 aromatic heterocycles. The van der Waals surface area contributed by atoms with E-state index in [1.807, 2.05) is 0 Å². The summed E-state index contributed by atoms with van der Waals surface area (Å²) in [5.41, 5.74) is 0.407. The first-order valence-electron chi connectivity index (χ1n) is 6.26. The summed E-state index contributed by atoms with van der Waals surface area (Å²) in [5, 5.41) is 11.0. The Bertz CT molecular complexity index is 479. The number of amides is 1. The third-order valence-corrected chi connectivity index (χ3v) is 4.21. The molecule has 0 aliphatic heterocycles. The van der Waals surface area contributed by atoms with Crippen LogP contribution in [-0.2, 0) is 16.1 Å². The molecule has 1 aromatic carbocycles. The molecule has 1 rings (SSSR count). The molecule has 4 nitrogen and oxygen atoms in total. The van der Waals surface area contributed by atoms with Crippen LogP contribution in [0.3, 0.4) is 0 Å². The van der Waals surface area contributed by atoms with Gasteiger partial charge in [0.05, 0.1) is 5.75 Å². The van der Waals surface area contributed by atoms with Gasteiger partial charge in [-0.25, -0.2) is 4.39 Å². The fourth-order valence-electron chi connectivity index (χ4n) is 1.60. The van der Waals surface area contributed by atoms with E-state index in [9.17, 15) is 14.0 Å². The van der Waals surface area contributed by atoms with E-state index >= 15 is 0 Å². The molecule has 0 aliphatic rings. The van der Waals surface area contributed by atoms with Crippen molar-refractivity contribution in [3.63, 3.8) is 0 Å². The minimum atomic E-state index is -0.924. The molecule has 0 spiro atoms. The van der Waals surface area contributed by atoms with Crippen LogP contribution in [0.1, 0.15) is 19.4 Å². The lowest BCUT2D eigenvalue weighted by molar-refractivity contribution is -0.137. The number of carbonyl (C=O) groups is 2. The topological polar surface area (TPSA) is 66.4 Å². The molecule has 2 N–H and O–H groups in total. The summed E-state index contributed by atoms with van der Waals surface area (Å²) in [6.45, 7) is 3.69. The van der Waals surface area contributed by atoms with E-state index in [0.29, 0.717) is 5.56 Å². The van der Waals surface area contributed by atoms with Crippen LogP contribution >= 0.6 is 11.8 Å². The van der Waals surface area contributed by atoms with Gasteiger partial charge in [-0.15, -0.1) is 11.8 Å². The number of hydrogen-bond donors (Lipinski definition) is 2. The second kappa shape index (κ2) is 7.89. The summed E-state index contributed by atoms with van der Waals surface area (Å²) in [5.74, 6) is -1.61. The molecular weight excluding hydrogens is 281 g/mol. The Kier molecular flexibility index (Phi) is 6.51. The van der Waals surface area contributed by atoms with E-state index in [4.69, 9.17) is 5.11 Å². The smallest absolute Gasteiger partial charge is 0.316 e. The van der Waals surface area contributed by atoms with Crippen LogP contribution in [0.5, 0.6) is 0 Å². The molecule has 0 radical (unpaired) electrons. The molecule has 1 aromatic rings. The summed E-state index contributed by atoms with van der Waals surface area (Å²) >= 11 is 1.08. The van der Waals surface area contributed by atoms with Gasteiger partial charge in [0.25, 0.3) is 0 Å². The largest absolute Gasteiger partial charge is 0.480 e. The van der Waals surface area contributed by atoms with Crippen molar-refractivity contribution < 1.29 is 19.1 Å². The second-order valence-corrected chi connectivity index (χ2v) is 5.81. The maximum Gasteiger partial charge on any atom is 0.316 e. The maximum atomic E-state index is 13.3. The molecule has 0 heterocycles. The zero-order valence-corrected chi connectivity index (χ0v) is 12.2. The van der Waals surface area contributed by atoms with E-state index in [1.54, 1.807) is 32.0 Å². The highest BCUT2D eigenvalue weighted by Crippen LogP contribution is 2.19. The maximum absolute atomic E-state index is 13.3. The minimum Gasteiger partial charge on any atom is -0.480 e. The van der Waals surface area contributed by atoms with Gasteiger partial charge in [0, 0.05) is 12.1 Å². The number of nitrogens with one attached hydrogen (secondary N) is 1. The van der Waals surface area contributed by atoms with Gasteiger partial charge >= 0.3 is 5.97 Å². The van der Waals surface area contributed by atoms with Gasteiger partial charge < -0.3 is 10.4 Å². The predicted octanol–water partition coefficient (Wildman–Crippen LogP) is 2.28. The summed E-state index contributed by atoms with van der Waals surface area (Å²) in [6, 6.07) is 6.20. The van der Waals surface area contributed by atoms with Gasteiger partial charge in [-0.2, -0.15) is 0 Å². The first-order valence-corrected chi connectivity index (χ1v) is 7.31. The van der Waals surface area contributed by atoms with Crippen molar-refractivity contribution in [1.82, 2.24) is 5.32 Å². The summed E-state index contributed by atoms with van der Waals surface area (Å²) in [6.07, 6.45) is 0. The molecule has 0 fully saturated rings. The fourth-order valence-corrected chi connectivity index (χ4v) is 2.56. The summed E-state index contributed by atoms with van der Waals surface area (Å²) in [4.78, 5) is 22.6. The van der Waals surface area contributed by atoms with Crippen LogP contribution < -0.4 is 5.32 Å². The van der Waals surface area contributed by atoms with E-state index in [-0.39, 0.29) is 29.9 Å². The number of hydrogen-bond acceptors (Lipinski definition) is 3. The molecule has 0 saturated carbocycles. The number of thioether (sulfide) groups is 1. The van der Waals surface area contributed by atoms with E-state index in [1.165, 1.54) is 6.07 Å². The van der Waals surface area contributed by atoms with E-state index in [0.717, 1.165) is 11.8 Å². The number of carboxylic acid groups (broad SMARTS) is 1. The van der Waals surface area contributed by atoms with Crippen molar-refractivity contribution >= 4 is 23.6 Å². The lowest BCUT2D eigenvalue weighted by atomic mass is 10.1. The third kappa shape index (κ3) is 5.21. The van der Waals surface area contributed by atoms with Gasteiger partial charge in [-0.1, -0.05) is 32.0 Å². The van der Waals surface area contributed by atoms with Gasteiger partial charge in [0.1, 0.15) is 11.1 Å². The monoisotopic (exact) mass is 299 g/mol.